The van der Waals surface area contributed by atoms with E-state index in [1.165, 1.54) is 18.2 Å². The number of carbonyl (C=O) groups is 1. The number of rotatable bonds is 5. The van der Waals surface area contributed by atoms with Gasteiger partial charge in [0.1, 0.15) is 0 Å². The average molecular weight is 282 g/mol. The van der Waals surface area contributed by atoms with Crippen molar-refractivity contribution in [2.45, 2.75) is 24.7 Å². The molecule has 7 heteroatoms. The average Bonchev–Trinajstić information content (AvgIpc) is 2.28. The zero-order valence-electron chi connectivity index (χ0n) is 9.42. The number of hydrogen-bond acceptors (Lipinski definition) is 4. The van der Waals surface area contributed by atoms with Crippen LogP contribution in [0, 0.1) is 0 Å². The first kappa shape index (κ1) is 17.6. The maximum atomic E-state index is 11.5. The fourth-order valence-electron chi connectivity index (χ4n) is 1.18. The van der Waals surface area contributed by atoms with Crippen molar-refractivity contribution >= 4 is 45.6 Å². The van der Waals surface area contributed by atoms with Crippen molar-refractivity contribution in [1.29, 1.82) is 0 Å². The Morgan fingerprint density at radius 3 is 2.61 bits per heavy atom. The van der Waals surface area contributed by atoms with Gasteiger partial charge in [-0.1, -0.05) is 19.4 Å². The second kappa shape index (κ2) is 7.91. The van der Waals surface area contributed by atoms with Gasteiger partial charge in [-0.15, -0.1) is 0 Å². The van der Waals surface area contributed by atoms with Crippen molar-refractivity contribution < 1.29 is 22.5 Å². The van der Waals surface area contributed by atoms with Gasteiger partial charge in [0.15, 0.2) is 0 Å². The Labute approximate surface area is 129 Å². The number of unbranched alkanes of at least 4 members (excludes halogenated alkanes) is 1. The molecule has 0 aliphatic heterocycles. The standard InChI is InChI=1S/C11H14O5S.Na.H/c1-2-3-7-16-11(12)9-5-4-6-10(8-9)17(13,14)15;;/h4-6,8H,2-3,7H2,1H3,(H,13,14,15);;. The summed E-state index contributed by atoms with van der Waals surface area (Å²) >= 11 is 0. The molecule has 0 unspecified atom stereocenters. The number of ether oxygens (including phenoxy) is 1. The van der Waals surface area contributed by atoms with E-state index in [9.17, 15) is 13.2 Å². The predicted molar refractivity (Wildman–Crippen MR) is 68.6 cm³/mol. The first-order valence-corrected chi connectivity index (χ1v) is 6.64. The van der Waals surface area contributed by atoms with Gasteiger partial charge in [-0.25, -0.2) is 4.79 Å². The fraction of sp³-hybridized carbons (Fsp3) is 0.364. The van der Waals surface area contributed by atoms with Crippen LogP contribution in [-0.4, -0.2) is 55.1 Å². The third-order valence-corrected chi connectivity index (χ3v) is 2.95. The molecule has 0 amide bonds. The summed E-state index contributed by atoms with van der Waals surface area (Å²) < 4.78 is 35.5. The Morgan fingerprint density at radius 1 is 1.39 bits per heavy atom. The van der Waals surface area contributed by atoms with E-state index in [-0.39, 0.29) is 40.0 Å². The summed E-state index contributed by atoms with van der Waals surface area (Å²) in [7, 11) is -4.29. The van der Waals surface area contributed by atoms with Crippen LogP contribution in [-0.2, 0) is 14.9 Å². The van der Waals surface area contributed by atoms with Crippen molar-refractivity contribution in [2.75, 3.05) is 6.61 Å². The van der Waals surface area contributed by atoms with Gasteiger partial charge in [0, 0.05) is 0 Å². The second-order valence-corrected chi connectivity index (χ2v) is 4.91. The zero-order chi connectivity index (χ0) is 12.9. The molecular weight excluding hydrogens is 267 g/mol. The number of esters is 1. The molecule has 0 aliphatic carbocycles. The molecule has 5 nitrogen and oxygen atoms in total. The van der Waals surface area contributed by atoms with Gasteiger partial charge in [0.05, 0.1) is 17.1 Å². The molecule has 96 valence electrons. The molecule has 0 atom stereocenters. The van der Waals surface area contributed by atoms with Crippen LogP contribution < -0.4 is 0 Å². The van der Waals surface area contributed by atoms with Crippen LogP contribution in [0.2, 0.25) is 0 Å². The summed E-state index contributed by atoms with van der Waals surface area (Å²) in [6.07, 6.45) is 1.65. The molecule has 0 spiro atoms. The van der Waals surface area contributed by atoms with E-state index >= 15 is 0 Å². The molecule has 0 radical (unpaired) electrons. The Balaban J connectivity index is 0.00000289. The quantitative estimate of drug-likeness (QED) is 0.380. The molecule has 1 aromatic rings. The Morgan fingerprint density at radius 2 is 2.06 bits per heavy atom. The summed E-state index contributed by atoms with van der Waals surface area (Å²) in [5.41, 5.74) is 0.108. The zero-order valence-corrected chi connectivity index (χ0v) is 10.2. The molecule has 0 bridgehead atoms. The van der Waals surface area contributed by atoms with E-state index in [0.29, 0.717) is 6.61 Å². The van der Waals surface area contributed by atoms with Crippen LogP contribution in [0.3, 0.4) is 0 Å². The summed E-state index contributed by atoms with van der Waals surface area (Å²) in [5, 5.41) is 0. The predicted octanol–water partition coefficient (Wildman–Crippen LogP) is 1.24. The van der Waals surface area contributed by atoms with E-state index in [1.54, 1.807) is 0 Å². The first-order chi connectivity index (χ1) is 7.95. The van der Waals surface area contributed by atoms with Crippen LogP contribution >= 0.6 is 0 Å². The number of hydrogen-bond donors (Lipinski definition) is 1. The Bertz CT molecular complexity index is 498. The monoisotopic (exact) mass is 282 g/mol. The minimum absolute atomic E-state index is 0. The third kappa shape index (κ3) is 5.49. The fourth-order valence-corrected chi connectivity index (χ4v) is 1.70. The molecule has 0 saturated heterocycles. The third-order valence-electron chi connectivity index (χ3n) is 2.10. The minimum atomic E-state index is -4.29. The van der Waals surface area contributed by atoms with Crippen LogP contribution in [0.25, 0.3) is 0 Å². The van der Waals surface area contributed by atoms with Crippen LogP contribution in [0.15, 0.2) is 29.2 Å². The molecule has 18 heavy (non-hydrogen) atoms. The molecule has 0 heterocycles. The maximum absolute atomic E-state index is 11.5. The van der Waals surface area contributed by atoms with Gasteiger partial charge in [-0.05, 0) is 24.6 Å². The van der Waals surface area contributed by atoms with Crippen LogP contribution in [0.1, 0.15) is 30.1 Å². The Hall–Kier alpha value is -0.400. The van der Waals surface area contributed by atoms with E-state index in [0.717, 1.165) is 18.9 Å². The molecular formula is C11H15NaO5S. The Kier molecular flexibility index (Phi) is 7.73. The van der Waals surface area contributed by atoms with Gasteiger partial charge in [0.25, 0.3) is 10.1 Å². The van der Waals surface area contributed by atoms with Gasteiger partial charge >= 0.3 is 35.5 Å². The van der Waals surface area contributed by atoms with E-state index < -0.39 is 16.1 Å². The van der Waals surface area contributed by atoms with Crippen molar-refractivity contribution in [3.63, 3.8) is 0 Å². The van der Waals surface area contributed by atoms with Gasteiger partial charge in [-0.3, -0.25) is 4.55 Å². The molecule has 0 aliphatic rings. The topological polar surface area (TPSA) is 80.7 Å². The molecule has 0 saturated carbocycles. The SMILES string of the molecule is CCCCOC(=O)c1cccc(S(=O)(=O)O)c1.[NaH]. The summed E-state index contributed by atoms with van der Waals surface area (Å²) in [5.74, 6) is -0.594. The molecule has 1 N–H and O–H groups in total. The van der Waals surface area contributed by atoms with Gasteiger partial charge < -0.3 is 4.74 Å². The normalized spacial score (nSPS) is 10.6. The van der Waals surface area contributed by atoms with Crippen molar-refractivity contribution in [1.82, 2.24) is 0 Å². The first-order valence-electron chi connectivity index (χ1n) is 5.20. The van der Waals surface area contributed by atoms with Crippen LogP contribution in [0.5, 0.6) is 0 Å². The molecule has 1 rings (SSSR count). The molecule has 1 aromatic carbocycles. The number of carbonyl (C=O) groups excluding carboxylic acids is 1. The van der Waals surface area contributed by atoms with Crippen molar-refractivity contribution in [2.24, 2.45) is 0 Å². The van der Waals surface area contributed by atoms with Crippen LogP contribution in [0.4, 0.5) is 0 Å². The van der Waals surface area contributed by atoms with Gasteiger partial charge in [-0.2, -0.15) is 8.42 Å². The molecule has 0 fully saturated rings. The van der Waals surface area contributed by atoms with E-state index in [4.69, 9.17) is 9.29 Å². The summed E-state index contributed by atoms with van der Waals surface area (Å²) in [6, 6.07) is 5.10. The summed E-state index contributed by atoms with van der Waals surface area (Å²) in [6.45, 7) is 2.26. The van der Waals surface area contributed by atoms with E-state index in [1.807, 2.05) is 6.92 Å². The van der Waals surface area contributed by atoms with Gasteiger partial charge in [0.2, 0.25) is 0 Å². The van der Waals surface area contributed by atoms with Crippen molar-refractivity contribution in [3.05, 3.63) is 29.8 Å². The van der Waals surface area contributed by atoms with E-state index in [2.05, 4.69) is 0 Å². The van der Waals surface area contributed by atoms with Crippen molar-refractivity contribution in [3.8, 4) is 0 Å². The summed E-state index contributed by atoms with van der Waals surface area (Å²) in [4.78, 5) is 11.2. The molecule has 0 aromatic heterocycles. The second-order valence-electron chi connectivity index (χ2n) is 3.49. The number of benzene rings is 1.